The van der Waals surface area contributed by atoms with Crippen LogP contribution in [-0.2, 0) is 9.84 Å². The summed E-state index contributed by atoms with van der Waals surface area (Å²) in [6.45, 7) is 0. The largest absolute Gasteiger partial charge is 0.321 e. The number of nitrogens with zero attached hydrogens (tertiary/aromatic N) is 1. The first-order chi connectivity index (χ1) is 5.14. The third-order valence-electron chi connectivity index (χ3n) is 1.82. The van der Waals surface area contributed by atoms with Gasteiger partial charge in [0.05, 0.1) is 11.5 Å². The molecule has 0 aromatic rings. The molecule has 0 spiro atoms. The Balaban J connectivity index is 2.44. The number of nitrogens with one attached hydrogen (secondary N) is 1. The molecule has 1 fully saturated rings. The van der Waals surface area contributed by atoms with Crippen LogP contribution in [0.5, 0.6) is 0 Å². The van der Waals surface area contributed by atoms with Gasteiger partial charge in [-0.25, -0.2) is 8.42 Å². The third kappa shape index (κ3) is 2.39. The zero-order valence-corrected chi connectivity index (χ0v) is 6.89. The fourth-order valence-corrected chi connectivity index (χ4v) is 2.62. The second-order valence-corrected chi connectivity index (χ2v) is 4.99. The third-order valence-corrected chi connectivity index (χ3v) is 3.54. The number of sulfone groups is 1. The molecule has 1 heterocycles. The van der Waals surface area contributed by atoms with Crippen molar-refractivity contribution in [3.63, 3.8) is 0 Å². The minimum atomic E-state index is -2.78. The van der Waals surface area contributed by atoms with Gasteiger partial charge in [0.1, 0.15) is 9.84 Å². The summed E-state index contributed by atoms with van der Waals surface area (Å²) in [5, 5.41) is 10.8. The standard InChI is InChI=1S/C6H10N2O2S/c7-5-8-6-1-3-11(9,10)4-2-6/h6,8H,1-4H2. The number of hydrogen-bond acceptors (Lipinski definition) is 4. The Labute approximate surface area is 66.1 Å². The second kappa shape index (κ2) is 3.09. The minimum absolute atomic E-state index is 0.0727. The maximum Gasteiger partial charge on any atom is 0.176 e. The topological polar surface area (TPSA) is 70.0 Å². The second-order valence-electron chi connectivity index (χ2n) is 2.68. The molecule has 0 bridgehead atoms. The van der Waals surface area contributed by atoms with E-state index in [-0.39, 0.29) is 17.5 Å². The molecule has 0 radical (unpaired) electrons. The zero-order valence-electron chi connectivity index (χ0n) is 6.08. The fraction of sp³-hybridized carbons (Fsp3) is 0.833. The van der Waals surface area contributed by atoms with Crippen LogP contribution in [0.3, 0.4) is 0 Å². The van der Waals surface area contributed by atoms with E-state index in [4.69, 9.17) is 5.26 Å². The average molecular weight is 174 g/mol. The first kappa shape index (κ1) is 8.34. The van der Waals surface area contributed by atoms with Crippen molar-refractivity contribution in [1.29, 1.82) is 5.26 Å². The lowest BCUT2D eigenvalue weighted by Gasteiger charge is -2.19. The lowest BCUT2D eigenvalue weighted by atomic mass is 10.2. The molecule has 0 saturated carbocycles. The average Bonchev–Trinajstić information content (AvgIpc) is 1.94. The molecule has 0 aromatic carbocycles. The quantitative estimate of drug-likeness (QED) is 0.435. The summed E-state index contributed by atoms with van der Waals surface area (Å²) in [6, 6.07) is 0.0727. The first-order valence-corrected chi connectivity index (χ1v) is 5.31. The van der Waals surface area contributed by atoms with E-state index in [1.807, 2.05) is 6.19 Å². The number of hydrogen-bond donors (Lipinski definition) is 1. The SMILES string of the molecule is N#CNC1CCS(=O)(=O)CC1. The van der Waals surface area contributed by atoms with Crippen molar-refractivity contribution >= 4 is 9.84 Å². The van der Waals surface area contributed by atoms with Gasteiger partial charge in [-0.1, -0.05) is 0 Å². The van der Waals surface area contributed by atoms with E-state index in [0.717, 1.165) is 0 Å². The summed E-state index contributed by atoms with van der Waals surface area (Å²) < 4.78 is 21.8. The molecule has 0 aliphatic carbocycles. The molecule has 1 saturated heterocycles. The van der Waals surface area contributed by atoms with Gasteiger partial charge in [0.25, 0.3) is 0 Å². The van der Waals surface area contributed by atoms with Crippen molar-refractivity contribution in [3.05, 3.63) is 0 Å². The maximum atomic E-state index is 10.9. The first-order valence-electron chi connectivity index (χ1n) is 3.49. The van der Waals surface area contributed by atoms with Gasteiger partial charge in [-0.3, -0.25) is 0 Å². The fourth-order valence-electron chi connectivity index (χ4n) is 1.13. The van der Waals surface area contributed by atoms with E-state index in [0.29, 0.717) is 12.8 Å². The summed E-state index contributed by atoms with van der Waals surface area (Å²) in [5.41, 5.74) is 0. The van der Waals surface area contributed by atoms with Crippen LogP contribution in [0.4, 0.5) is 0 Å². The molecule has 11 heavy (non-hydrogen) atoms. The molecule has 1 N–H and O–H groups in total. The molecule has 1 aliphatic heterocycles. The lowest BCUT2D eigenvalue weighted by Crippen LogP contribution is -2.34. The molecule has 1 aliphatic rings. The number of rotatable bonds is 1. The maximum absolute atomic E-state index is 10.9. The van der Waals surface area contributed by atoms with Crippen LogP contribution in [-0.4, -0.2) is 26.0 Å². The van der Waals surface area contributed by atoms with Crippen LogP contribution in [0.2, 0.25) is 0 Å². The monoisotopic (exact) mass is 174 g/mol. The van der Waals surface area contributed by atoms with E-state index in [1.165, 1.54) is 0 Å². The van der Waals surface area contributed by atoms with Crippen molar-refractivity contribution < 1.29 is 8.42 Å². The van der Waals surface area contributed by atoms with Gasteiger partial charge in [0.15, 0.2) is 6.19 Å². The van der Waals surface area contributed by atoms with Crippen LogP contribution < -0.4 is 5.32 Å². The van der Waals surface area contributed by atoms with Gasteiger partial charge in [-0.15, -0.1) is 0 Å². The molecule has 62 valence electrons. The van der Waals surface area contributed by atoms with Gasteiger partial charge < -0.3 is 5.32 Å². The Bertz CT molecular complexity index is 251. The zero-order chi connectivity index (χ0) is 8.32. The molecule has 4 nitrogen and oxygen atoms in total. The van der Waals surface area contributed by atoms with Crippen LogP contribution in [0.15, 0.2) is 0 Å². The minimum Gasteiger partial charge on any atom is -0.321 e. The summed E-state index contributed by atoms with van der Waals surface area (Å²) in [5.74, 6) is 0.429. The molecular weight excluding hydrogens is 164 g/mol. The molecule has 0 amide bonds. The van der Waals surface area contributed by atoms with Crippen molar-refractivity contribution in [2.45, 2.75) is 18.9 Å². The smallest absolute Gasteiger partial charge is 0.176 e. The lowest BCUT2D eigenvalue weighted by molar-refractivity contribution is 0.514. The van der Waals surface area contributed by atoms with Gasteiger partial charge in [-0.2, -0.15) is 5.26 Å². The van der Waals surface area contributed by atoms with Crippen molar-refractivity contribution in [3.8, 4) is 6.19 Å². The highest BCUT2D eigenvalue weighted by Gasteiger charge is 2.22. The Morgan fingerprint density at radius 2 is 1.91 bits per heavy atom. The van der Waals surface area contributed by atoms with E-state index in [1.54, 1.807) is 0 Å². The number of nitriles is 1. The van der Waals surface area contributed by atoms with Crippen molar-refractivity contribution in [1.82, 2.24) is 5.32 Å². The predicted molar refractivity (Wildman–Crippen MR) is 40.4 cm³/mol. The van der Waals surface area contributed by atoms with Crippen LogP contribution in [0.1, 0.15) is 12.8 Å². The van der Waals surface area contributed by atoms with Crippen molar-refractivity contribution in [2.75, 3.05) is 11.5 Å². The Hall–Kier alpha value is -0.760. The molecule has 0 unspecified atom stereocenters. The highest BCUT2D eigenvalue weighted by molar-refractivity contribution is 7.91. The van der Waals surface area contributed by atoms with Gasteiger partial charge >= 0.3 is 0 Å². The Morgan fingerprint density at radius 1 is 1.36 bits per heavy atom. The summed E-state index contributed by atoms with van der Waals surface area (Å²) >= 11 is 0. The van der Waals surface area contributed by atoms with Gasteiger partial charge in [0.2, 0.25) is 0 Å². The molecule has 1 rings (SSSR count). The van der Waals surface area contributed by atoms with Gasteiger partial charge in [-0.05, 0) is 12.8 Å². The van der Waals surface area contributed by atoms with Crippen LogP contribution >= 0.6 is 0 Å². The Morgan fingerprint density at radius 3 is 2.36 bits per heavy atom. The van der Waals surface area contributed by atoms with E-state index >= 15 is 0 Å². The summed E-state index contributed by atoms with van der Waals surface area (Å²) in [7, 11) is -2.78. The molecule has 0 aromatic heterocycles. The summed E-state index contributed by atoms with van der Waals surface area (Å²) in [4.78, 5) is 0. The highest BCUT2D eigenvalue weighted by atomic mass is 32.2. The summed E-state index contributed by atoms with van der Waals surface area (Å²) in [6.07, 6.45) is 2.95. The van der Waals surface area contributed by atoms with E-state index in [2.05, 4.69) is 5.32 Å². The molecule has 0 atom stereocenters. The van der Waals surface area contributed by atoms with Crippen LogP contribution in [0.25, 0.3) is 0 Å². The van der Waals surface area contributed by atoms with E-state index in [9.17, 15) is 8.42 Å². The highest BCUT2D eigenvalue weighted by Crippen LogP contribution is 2.11. The normalized spacial score (nSPS) is 23.9. The predicted octanol–water partition coefficient (Wildman–Crippen LogP) is -0.366. The Kier molecular flexibility index (Phi) is 2.35. The molecule has 5 heteroatoms. The molecular formula is C6H10N2O2S. The van der Waals surface area contributed by atoms with Gasteiger partial charge in [0, 0.05) is 6.04 Å². The van der Waals surface area contributed by atoms with Crippen molar-refractivity contribution in [2.24, 2.45) is 0 Å². The van der Waals surface area contributed by atoms with Crippen LogP contribution in [0, 0.1) is 11.5 Å². The van der Waals surface area contributed by atoms with E-state index < -0.39 is 9.84 Å².